The molecular formula is C21H27N7O3S. The second kappa shape index (κ2) is 10.1. The van der Waals surface area contributed by atoms with Crippen LogP contribution in [0.4, 0.5) is 10.5 Å². The molecular weight excluding hydrogens is 430 g/mol. The highest BCUT2D eigenvalue weighted by atomic mass is 32.2. The van der Waals surface area contributed by atoms with Crippen LogP contribution >= 0.6 is 11.8 Å². The summed E-state index contributed by atoms with van der Waals surface area (Å²) in [5, 5.41) is 12.8. The minimum absolute atomic E-state index is 0.0615. The van der Waals surface area contributed by atoms with Crippen LogP contribution in [0.1, 0.15) is 42.5 Å². The zero-order valence-corrected chi connectivity index (χ0v) is 18.5. The number of benzene rings is 1. The number of carbonyl (C=O) groups excluding carboxylic acids is 3. The molecule has 3 fully saturated rings. The summed E-state index contributed by atoms with van der Waals surface area (Å²) in [4.78, 5) is 41.0. The van der Waals surface area contributed by atoms with E-state index in [9.17, 15) is 14.4 Å². The Balaban J connectivity index is 1.15. The summed E-state index contributed by atoms with van der Waals surface area (Å²) in [6.07, 6.45) is 4.04. The third-order valence-corrected chi connectivity index (χ3v) is 7.74. The van der Waals surface area contributed by atoms with Crippen LogP contribution < -0.4 is 16.0 Å². The molecule has 4 atom stereocenters. The molecule has 3 aliphatic heterocycles. The summed E-state index contributed by atoms with van der Waals surface area (Å²) in [5.74, 6) is 0.886. The molecule has 1 aromatic carbocycles. The molecule has 4 unspecified atom stereocenters. The topological polar surface area (TPSA) is 139 Å². The maximum absolute atomic E-state index is 12.6. The highest BCUT2D eigenvalue weighted by Crippen LogP contribution is 2.33. The Morgan fingerprint density at radius 3 is 2.84 bits per heavy atom. The van der Waals surface area contributed by atoms with Crippen LogP contribution in [0.15, 0.2) is 29.4 Å². The smallest absolute Gasteiger partial charge is 0.315 e. The SMILES string of the molecule is [N-]=[N+]=Nc1ccc(C(=O)NC2CCN(C(=O)CCCCC3SCC4NC(=O)NC43)C2)cc1. The lowest BCUT2D eigenvalue weighted by molar-refractivity contribution is -0.130. The number of carbonyl (C=O) groups is 3. The molecule has 0 aliphatic carbocycles. The van der Waals surface area contributed by atoms with Crippen LogP contribution in [0.2, 0.25) is 0 Å². The first-order valence-electron chi connectivity index (χ1n) is 11.0. The zero-order chi connectivity index (χ0) is 22.5. The maximum atomic E-state index is 12.6. The van der Waals surface area contributed by atoms with E-state index < -0.39 is 0 Å². The van der Waals surface area contributed by atoms with Gasteiger partial charge in [-0.25, -0.2) is 4.79 Å². The third kappa shape index (κ3) is 5.28. The van der Waals surface area contributed by atoms with E-state index in [0.29, 0.717) is 36.0 Å². The normalized spacial score (nSPS) is 26.1. The van der Waals surface area contributed by atoms with Crippen molar-refractivity contribution in [3.8, 4) is 0 Å². The van der Waals surface area contributed by atoms with Gasteiger partial charge in [0, 0.05) is 52.7 Å². The predicted molar refractivity (Wildman–Crippen MR) is 122 cm³/mol. The number of azide groups is 1. The molecule has 11 heteroatoms. The lowest BCUT2D eigenvalue weighted by Crippen LogP contribution is -2.38. The Morgan fingerprint density at radius 1 is 1.25 bits per heavy atom. The van der Waals surface area contributed by atoms with Gasteiger partial charge in [0.25, 0.3) is 5.91 Å². The fourth-order valence-corrected chi connectivity index (χ4v) is 6.07. The quantitative estimate of drug-likeness (QED) is 0.181. The number of unbranched alkanes of at least 4 members (excludes halogenated alkanes) is 1. The highest BCUT2D eigenvalue weighted by molar-refractivity contribution is 8.00. The van der Waals surface area contributed by atoms with Gasteiger partial charge in [0.1, 0.15) is 0 Å². The fourth-order valence-electron chi connectivity index (χ4n) is 4.53. The van der Waals surface area contributed by atoms with Crippen molar-refractivity contribution in [2.45, 2.75) is 55.5 Å². The van der Waals surface area contributed by atoms with Gasteiger partial charge in [-0.05, 0) is 36.9 Å². The van der Waals surface area contributed by atoms with Gasteiger partial charge in [-0.1, -0.05) is 23.7 Å². The lowest BCUT2D eigenvalue weighted by Gasteiger charge is -2.18. The number of hydrogen-bond acceptors (Lipinski definition) is 5. The average molecular weight is 458 g/mol. The molecule has 3 aliphatic rings. The summed E-state index contributed by atoms with van der Waals surface area (Å²) in [6.45, 7) is 1.18. The van der Waals surface area contributed by atoms with Gasteiger partial charge in [0.15, 0.2) is 0 Å². The standard InChI is InChI=1S/C21H27N7O3S/c22-27-26-14-7-5-13(6-8-14)20(30)23-15-9-10-28(11-15)18(29)4-2-1-3-17-19-16(12-32-17)24-21(31)25-19/h5-8,15-17,19H,1-4,9-12H2,(H,23,30)(H2,24,25,31). The number of urea groups is 1. The molecule has 10 nitrogen and oxygen atoms in total. The Bertz CT molecular complexity index is 918. The molecule has 1 aromatic rings. The summed E-state index contributed by atoms with van der Waals surface area (Å²) >= 11 is 1.89. The van der Waals surface area contributed by atoms with Gasteiger partial charge in [-0.3, -0.25) is 9.59 Å². The first-order valence-corrected chi connectivity index (χ1v) is 12.0. The van der Waals surface area contributed by atoms with Crippen molar-refractivity contribution >= 4 is 35.3 Å². The Kier molecular flexibility index (Phi) is 7.06. The molecule has 0 aromatic heterocycles. The van der Waals surface area contributed by atoms with Crippen LogP contribution in [-0.4, -0.2) is 65.0 Å². The summed E-state index contributed by atoms with van der Waals surface area (Å²) in [6, 6.07) is 6.75. The van der Waals surface area contributed by atoms with Crippen molar-refractivity contribution in [3.05, 3.63) is 40.3 Å². The van der Waals surface area contributed by atoms with Crippen LogP contribution in [0.25, 0.3) is 10.4 Å². The number of fused-ring (bicyclic) bond motifs is 1. The van der Waals surface area contributed by atoms with Gasteiger partial charge in [-0.15, -0.1) is 0 Å². The van der Waals surface area contributed by atoms with Crippen molar-refractivity contribution < 1.29 is 14.4 Å². The first-order chi connectivity index (χ1) is 15.5. The number of amides is 4. The maximum Gasteiger partial charge on any atom is 0.315 e. The molecule has 0 saturated carbocycles. The molecule has 0 bridgehead atoms. The Hall–Kier alpha value is -2.91. The van der Waals surface area contributed by atoms with Crippen molar-refractivity contribution in [2.24, 2.45) is 5.11 Å². The molecule has 4 rings (SSSR count). The van der Waals surface area contributed by atoms with E-state index in [0.717, 1.165) is 31.4 Å². The lowest BCUT2D eigenvalue weighted by atomic mass is 10.0. The van der Waals surface area contributed by atoms with E-state index in [1.807, 2.05) is 16.7 Å². The van der Waals surface area contributed by atoms with Crippen LogP contribution in [0, 0.1) is 0 Å². The van der Waals surface area contributed by atoms with Gasteiger partial charge in [0.2, 0.25) is 5.91 Å². The zero-order valence-electron chi connectivity index (χ0n) is 17.7. The van der Waals surface area contributed by atoms with Gasteiger partial charge >= 0.3 is 6.03 Å². The van der Waals surface area contributed by atoms with E-state index in [1.54, 1.807) is 24.3 Å². The van der Waals surface area contributed by atoms with Crippen molar-refractivity contribution in [1.82, 2.24) is 20.9 Å². The second-order valence-corrected chi connectivity index (χ2v) is 9.67. The van der Waals surface area contributed by atoms with Crippen molar-refractivity contribution in [1.29, 1.82) is 0 Å². The van der Waals surface area contributed by atoms with E-state index in [4.69, 9.17) is 5.53 Å². The predicted octanol–water partition coefficient (Wildman–Crippen LogP) is 2.68. The summed E-state index contributed by atoms with van der Waals surface area (Å²) < 4.78 is 0. The molecule has 32 heavy (non-hydrogen) atoms. The van der Waals surface area contributed by atoms with E-state index in [2.05, 4.69) is 26.0 Å². The number of nitrogens with one attached hydrogen (secondary N) is 3. The van der Waals surface area contributed by atoms with Crippen molar-refractivity contribution in [3.63, 3.8) is 0 Å². The van der Waals surface area contributed by atoms with E-state index in [-0.39, 0.29) is 36.0 Å². The van der Waals surface area contributed by atoms with Crippen LogP contribution in [0.5, 0.6) is 0 Å². The highest BCUT2D eigenvalue weighted by Gasteiger charge is 2.42. The largest absolute Gasteiger partial charge is 0.347 e. The van der Waals surface area contributed by atoms with E-state index in [1.165, 1.54) is 0 Å². The fraction of sp³-hybridized carbons (Fsp3) is 0.571. The van der Waals surface area contributed by atoms with Gasteiger partial charge in [0.05, 0.1) is 12.1 Å². The van der Waals surface area contributed by atoms with Crippen LogP contribution in [0.3, 0.4) is 0 Å². The van der Waals surface area contributed by atoms with E-state index >= 15 is 0 Å². The molecule has 170 valence electrons. The number of hydrogen-bond donors (Lipinski definition) is 3. The first kappa shape index (κ1) is 22.3. The van der Waals surface area contributed by atoms with Crippen molar-refractivity contribution in [2.75, 3.05) is 18.8 Å². The third-order valence-electron chi connectivity index (χ3n) is 6.23. The Labute approximate surface area is 190 Å². The second-order valence-electron chi connectivity index (χ2n) is 8.40. The minimum Gasteiger partial charge on any atom is -0.347 e. The number of likely N-dealkylation sites (tertiary alicyclic amines) is 1. The minimum atomic E-state index is -0.197. The number of nitrogens with zero attached hydrogens (tertiary/aromatic N) is 4. The summed E-state index contributed by atoms with van der Waals surface area (Å²) in [5.41, 5.74) is 9.40. The molecule has 4 amide bonds. The van der Waals surface area contributed by atoms with Gasteiger partial charge < -0.3 is 20.9 Å². The van der Waals surface area contributed by atoms with Gasteiger partial charge in [-0.2, -0.15) is 11.8 Å². The molecule has 3 N–H and O–H groups in total. The monoisotopic (exact) mass is 457 g/mol. The average Bonchev–Trinajstić information content (AvgIpc) is 3.48. The number of thioether (sulfide) groups is 1. The van der Waals surface area contributed by atoms with Crippen LogP contribution in [-0.2, 0) is 4.79 Å². The molecule has 3 heterocycles. The molecule has 0 spiro atoms. The number of rotatable bonds is 8. The molecule has 3 saturated heterocycles. The summed E-state index contributed by atoms with van der Waals surface area (Å²) in [7, 11) is 0. The Morgan fingerprint density at radius 2 is 2.06 bits per heavy atom. The molecule has 0 radical (unpaired) electrons.